The molecule has 2 aromatic heterocycles. The predicted octanol–water partition coefficient (Wildman–Crippen LogP) is 3.83. The van der Waals surface area contributed by atoms with Gasteiger partial charge < -0.3 is 4.57 Å². The lowest BCUT2D eigenvalue weighted by atomic mass is 10.2. The molecule has 0 bridgehead atoms. The molecule has 0 atom stereocenters. The van der Waals surface area contributed by atoms with Crippen molar-refractivity contribution < 1.29 is 0 Å². The Morgan fingerprint density at radius 2 is 2.28 bits per heavy atom. The van der Waals surface area contributed by atoms with Gasteiger partial charge in [0.05, 0.1) is 16.6 Å². The third kappa shape index (κ3) is 3.33. The summed E-state index contributed by atoms with van der Waals surface area (Å²) in [5, 5.41) is 3.22. The number of halogens is 1. The topological polar surface area (TPSA) is 30.7 Å². The average Bonchev–Trinajstić information content (AvgIpc) is 2.97. The van der Waals surface area contributed by atoms with Gasteiger partial charge in [0.25, 0.3) is 0 Å². The van der Waals surface area contributed by atoms with Crippen molar-refractivity contribution in [2.75, 3.05) is 0 Å². The molecule has 0 aliphatic heterocycles. The van der Waals surface area contributed by atoms with Crippen molar-refractivity contribution in [2.24, 2.45) is 0 Å². The van der Waals surface area contributed by atoms with E-state index in [1.165, 1.54) is 5.01 Å². The Hall–Kier alpha value is -0.870. The molecule has 0 saturated carbocycles. The van der Waals surface area contributed by atoms with E-state index in [1.54, 1.807) is 11.3 Å². The Labute approximate surface area is 117 Å². The quantitative estimate of drug-likeness (QED) is 0.754. The van der Waals surface area contributed by atoms with Gasteiger partial charge in [-0.15, -0.1) is 22.9 Å². The Bertz CT molecular complexity index is 490. The van der Waals surface area contributed by atoms with E-state index in [9.17, 15) is 0 Å². The van der Waals surface area contributed by atoms with E-state index in [0.717, 1.165) is 30.9 Å². The molecule has 0 radical (unpaired) electrons. The molecule has 18 heavy (non-hydrogen) atoms. The van der Waals surface area contributed by atoms with Gasteiger partial charge in [-0.05, 0) is 6.42 Å². The van der Waals surface area contributed by atoms with Crippen LogP contribution in [0.15, 0.2) is 17.8 Å². The van der Waals surface area contributed by atoms with Crippen LogP contribution in [0.3, 0.4) is 0 Å². The van der Waals surface area contributed by atoms with Gasteiger partial charge in [0.1, 0.15) is 5.82 Å². The number of hydrogen-bond acceptors (Lipinski definition) is 3. The lowest BCUT2D eigenvalue weighted by molar-refractivity contribution is 0.588. The van der Waals surface area contributed by atoms with E-state index >= 15 is 0 Å². The highest BCUT2D eigenvalue weighted by Gasteiger charge is 2.07. The molecule has 98 valence electrons. The van der Waals surface area contributed by atoms with Crippen LogP contribution in [0.5, 0.6) is 0 Å². The molecule has 0 N–H and O–H groups in total. The molecular weight excluding hydrogens is 266 g/mol. The number of nitrogens with zero attached hydrogens (tertiary/aromatic N) is 3. The molecule has 0 fully saturated rings. The lowest BCUT2D eigenvalue weighted by Crippen LogP contribution is -2.05. The number of thiazole rings is 1. The molecule has 0 amide bonds. The van der Waals surface area contributed by atoms with E-state index in [1.807, 2.05) is 11.6 Å². The van der Waals surface area contributed by atoms with E-state index in [2.05, 4.69) is 34.6 Å². The standard InChI is InChI=1S/C13H18ClN3S/c1-10(2)13-15-5-7-17(13)6-3-4-12-16-11(8-14)9-18-12/h5,7,9-10H,3-4,6,8H2,1-2H3. The van der Waals surface area contributed by atoms with Gasteiger partial charge in [0.15, 0.2) is 0 Å². The maximum atomic E-state index is 5.74. The van der Waals surface area contributed by atoms with Crippen molar-refractivity contribution in [3.8, 4) is 0 Å². The number of aromatic nitrogens is 3. The number of hydrogen-bond donors (Lipinski definition) is 0. The Balaban J connectivity index is 1.86. The van der Waals surface area contributed by atoms with E-state index in [0.29, 0.717) is 11.8 Å². The normalized spacial score (nSPS) is 11.3. The van der Waals surface area contributed by atoms with Crippen LogP contribution in [0, 0.1) is 0 Å². The highest BCUT2D eigenvalue weighted by atomic mass is 35.5. The summed E-state index contributed by atoms with van der Waals surface area (Å²) in [4.78, 5) is 8.86. The van der Waals surface area contributed by atoms with Crippen molar-refractivity contribution in [2.45, 2.75) is 45.0 Å². The molecular formula is C13H18ClN3S. The van der Waals surface area contributed by atoms with Gasteiger partial charge >= 0.3 is 0 Å². The molecule has 3 nitrogen and oxygen atoms in total. The molecule has 2 heterocycles. The second-order valence-corrected chi connectivity index (χ2v) is 5.81. The summed E-state index contributed by atoms with van der Waals surface area (Å²) < 4.78 is 2.24. The average molecular weight is 284 g/mol. The second kappa shape index (κ2) is 6.34. The summed E-state index contributed by atoms with van der Waals surface area (Å²) in [6, 6.07) is 0. The summed E-state index contributed by atoms with van der Waals surface area (Å²) >= 11 is 7.44. The van der Waals surface area contributed by atoms with Crippen molar-refractivity contribution in [3.05, 3.63) is 34.3 Å². The minimum atomic E-state index is 0.475. The Kier molecular flexibility index (Phi) is 4.78. The Morgan fingerprint density at radius 3 is 2.94 bits per heavy atom. The number of imidazole rings is 1. The van der Waals surface area contributed by atoms with Gasteiger partial charge in [-0.2, -0.15) is 0 Å². The van der Waals surface area contributed by atoms with Crippen LogP contribution < -0.4 is 0 Å². The van der Waals surface area contributed by atoms with Gasteiger partial charge in [-0.25, -0.2) is 9.97 Å². The molecule has 2 aromatic rings. The molecule has 5 heteroatoms. The lowest BCUT2D eigenvalue weighted by Gasteiger charge is -2.09. The highest BCUT2D eigenvalue weighted by Crippen LogP contribution is 2.15. The number of alkyl halides is 1. The van der Waals surface area contributed by atoms with Gasteiger partial charge in [-0.1, -0.05) is 13.8 Å². The van der Waals surface area contributed by atoms with E-state index in [-0.39, 0.29) is 0 Å². The van der Waals surface area contributed by atoms with Crippen LogP contribution in [0.25, 0.3) is 0 Å². The zero-order valence-electron chi connectivity index (χ0n) is 10.8. The monoisotopic (exact) mass is 283 g/mol. The first-order valence-corrected chi connectivity index (χ1v) is 7.62. The van der Waals surface area contributed by atoms with Crippen LogP contribution in [0.4, 0.5) is 0 Å². The third-order valence-corrected chi connectivity index (χ3v) is 4.02. The predicted molar refractivity (Wildman–Crippen MR) is 76.3 cm³/mol. The van der Waals surface area contributed by atoms with Crippen LogP contribution in [0.1, 0.15) is 42.7 Å². The smallest absolute Gasteiger partial charge is 0.111 e. The van der Waals surface area contributed by atoms with Crippen LogP contribution in [-0.2, 0) is 18.8 Å². The first-order chi connectivity index (χ1) is 8.70. The van der Waals surface area contributed by atoms with Crippen LogP contribution >= 0.6 is 22.9 Å². The molecule has 0 unspecified atom stereocenters. The third-order valence-electron chi connectivity index (χ3n) is 2.79. The minimum Gasteiger partial charge on any atom is -0.335 e. The molecule has 0 aliphatic rings. The second-order valence-electron chi connectivity index (χ2n) is 4.60. The molecule has 0 aromatic carbocycles. The van der Waals surface area contributed by atoms with E-state index in [4.69, 9.17) is 11.6 Å². The molecule has 0 spiro atoms. The first kappa shape index (κ1) is 13.6. The van der Waals surface area contributed by atoms with Crippen LogP contribution in [-0.4, -0.2) is 14.5 Å². The number of aryl methyl sites for hydroxylation is 2. The van der Waals surface area contributed by atoms with Crippen molar-refractivity contribution >= 4 is 22.9 Å². The highest BCUT2D eigenvalue weighted by molar-refractivity contribution is 7.09. The SMILES string of the molecule is CC(C)c1nccn1CCCc1nc(CCl)cs1. The van der Waals surface area contributed by atoms with Crippen molar-refractivity contribution in [1.29, 1.82) is 0 Å². The van der Waals surface area contributed by atoms with Crippen molar-refractivity contribution in [1.82, 2.24) is 14.5 Å². The van der Waals surface area contributed by atoms with Crippen molar-refractivity contribution in [3.63, 3.8) is 0 Å². The maximum Gasteiger partial charge on any atom is 0.111 e. The summed E-state index contributed by atoms with van der Waals surface area (Å²) in [5.74, 6) is 2.15. The minimum absolute atomic E-state index is 0.475. The zero-order chi connectivity index (χ0) is 13.0. The largest absolute Gasteiger partial charge is 0.335 e. The van der Waals surface area contributed by atoms with Crippen LogP contribution in [0.2, 0.25) is 0 Å². The first-order valence-electron chi connectivity index (χ1n) is 6.21. The fourth-order valence-corrected chi connectivity index (χ4v) is 3.00. The fourth-order valence-electron chi connectivity index (χ4n) is 1.94. The molecule has 2 rings (SSSR count). The van der Waals surface area contributed by atoms with E-state index < -0.39 is 0 Å². The summed E-state index contributed by atoms with van der Waals surface area (Å²) in [6.45, 7) is 5.35. The maximum absolute atomic E-state index is 5.74. The summed E-state index contributed by atoms with van der Waals surface area (Å²) in [6.07, 6.45) is 6.04. The summed E-state index contributed by atoms with van der Waals surface area (Å²) in [5.41, 5.74) is 0.988. The Morgan fingerprint density at radius 1 is 1.44 bits per heavy atom. The molecule has 0 aliphatic carbocycles. The summed E-state index contributed by atoms with van der Waals surface area (Å²) in [7, 11) is 0. The zero-order valence-corrected chi connectivity index (χ0v) is 12.3. The number of rotatable bonds is 6. The van der Waals surface area contributed by atoms with Gasteiger partial charge in [0, 0.05) is 36.7 Å². The molecule has 0 saturated heterocycles. The van der Waals surface area contributed by atoms with Gasteiger partial charge in [-0.3, -0.25) is 0 Å². The van der Waals surface area contributed by atoms with Gasteiger partial charge in [0.2, 0.25) is 0 Å². The fraction of sp³-hybridized carbons (Fsp3) is 0.538.